The molecule has 6 heteroatoms. The van der Waals surface area contributed by atoms with Crippen LogP contribution in [-0.4, -0.2) is 41.2 Å². The molecule has 2 aliphatic rings. The average molecular weight is 371 g/mol. The third-order valence-corrected chi connectivity index (χ3v) is 5.49. The Hall–Kier alpha value is -2.21. The molecule has 2 atom stereocenters. The summed E-state index contributed by atoms with van der Waals surface area (Å²) in [5.41, 5.74) is 3.86. The third kappa shape index (κ3) is 3.76. The van der Waals surface area contributed by atoms with Crippen LogP contribution in [0, 0.1) is 19.7 Å². The molecule has 0 aromatic carbocycles. The van der Waals surface area contributed by atoms with Crippen LogP contribution >= 0.6 is 0 Å². The van der Waals surface area contributed by atoms with Gasteiger partial charge in [-0.3, -0.25) is 9.88 Å². The summed E-state index contributed by atoms with van der Waals surface area (Å²) < 4.78 is 25.7. The van der Waals surface area contributed by atoms with E-state index in [0.717, 1.165) is 37.3 Å². The Kier molecular flexibility index (Phi) is 5.00. The molecule has 0 radical (unpaired) electrons. The number of nitrogens with zero attached hydrogens (tertiary/aromatic N) is 3. The molecule has 27 heavy (non-hydrogen) atoms. The first-order valence-corrected chi connectivity index (χ1v) is 9.66. The molecule has 0 N–H and O–H groups in total. The Balaban J connectivity index is 1.56. The maximum Gasteiger partial charge on any atom is 0.257 e. The summed E-state index contributed by atoms with van der Waals surface area (Å²) in [4.78, 5) is 11.2. The molecule has 0 bridgehead atoms. The van der Waals surface area contributed by atoms with E-state index in [1.165, 1.54) is 11.6 Å². The third-order valence-electron chi connectivity index (χ3n) is 5.49. The monoisotopic (exact) mass is 371 g/mol. The van der Waals surface area contributed by atoms with Gasteiger partial charge >= 0.3 is 0 Å². The summed E-state index contributed by atoms with van der Waals surface area (Å²) >= 11 is 0. The average Bonchev–Trinajstić information content (AvgIpc) is 2.66. The highest BCUT2D eigenvalue weighted by Gasteiger charge is 2.29. The van der Waals surface area contributed by atoms with Crippen LogP contribution in [0.4, 0.5) is 4.39 Å². The molecule has 5 nitrogen and oxygen atoms in total. The van der Waals surface area contributed by atoms with Crippen LogP contribution in [0.25, 0.3) is 0 Å². The van der Waals surface area contributed by atoms with Gasteiger partial charge in [0.05, 0.1) is 11.7 Å². The van der Waals surface area contributed by atoms with Crippen molar-refractivity contribution >= 4 is 0 Å². The quantitative estimate of drug-likeness (QED) is 0.818. The zero-order valence-corrected chi connectivity index (χ0v) is 16.2. The van der Waals surface area contributed by atoms with E-state index in [1.807, 2.05) is 20.8 Å². The van der Waals surface area contributed by atoms with Gasteiger partial charge in [-0.25, -0.2) is 9.37 Å². The number of rotatable bonds is 3. The molecule has 2 aromatic heterocycles. The number of aryl methyl sites for hydroxylation is 2. The van der Waals surface area contributed by atoms with Crippen LogP contribution in [0.5, 0.6) is 11.6 Å². The predicted molar refractivity (Wildman–Crippen MR) is 101 cm³/mol. The van der Waals surface area contributed by atoms with Gasteiger partial charge in [0.1, 0.15) is 19.0 Å². The van der Waals surface area contributed by atoms with Crippen molar-refractivity contribution in [2.75, 3.05) is 26.3 Å². The SMILES string of the molecule is Cc1cc([C@H]2CCCN(C(C)c3nc4c(cc3F)OCCO4)C2)cc(C)n1. The highest BCUT2D eigenvalue weighted by atomic mass is 19.1. The maximum absolute atomic E-state index is 14.7. The Bertz CT molecular complexity index is 822. The first-order valence-electron chi connectivity index (χ1n) is 9.66. The Labute approximate surface area is 159 Å². The second-order valence-corrected chi connectivity index (χ2v) is 7.55. The van der Waals surface area contributed by atoms with Gasteiger partial charge < -0.3 is 9.47 Å². The number of pyridine rings is 2. The fraction of sp³-hybridized carbons (Fsp3) is 0.524. The summed E-state index contributed by atoms with van der Waals surface area (Å²) in [6.07, 6.45) is 2.23. The highest BCUT2D eigenvalue weighted by Crippen LogP contribution is 2.36. The van der Waals surface area contributed by atoms with E-state index >= 15 is 0 Å². The molecule has 0 amide bonds. The first-order chi connectivity index (χ1) is 13.0. The van der Waals surface area contributed by atoms with E-state index in [4.69, 9.17) is 9.47 Å². The number of fused-ring (bicyclic) bond motifs is 1. The molecular weight excluding hydrogens is 345 g/mol. The van der Waals surface area contributed by atoms with Crippen LogP contribution in [0.2, 0.25) is 0 Å². The molecule has 0 aliphatic carbocycles. The molecule has 1 fully saturated rings. The lowest BCUT2D eigenvalue weighted by molar-refractivity contribution is 0.144. The van der Waals surface area contributed by atoms with Gasteiger partial charge in [-0.15, -0.1) is 0 Å². The van der Waals surface area contributed by atoms with E-state index in [-0.39, 0.29) is 11.9 Å². The van der Waals surface area contributed by atoms with Crippen molar-refractivity contribution in [2.24, 2.45) is 0 Å². The smallest absolute Gasteiger partial charge is 0.257 e. The van der Waals surface area contributed by atoms with Gasteiger partial charge in [-0.05, 0) is 63.8 Å². The molecular formula is C21H26FN3O2. The summed E-state index contributed by atoms with van der Waals surface area (Å²) in [6.45, 7) is 8.80. The largest absolute Gasteiger partial charge is 0.484 e. The van der Waals surface area contributed by atoms with Crippen LogP contribution in [0.3, 0.4) is 0 Å². The number of likely N-dealkylation sites (tertiary alicyclic amines) is 1. The zero-order valence-electron chi connectivity index (χ0n) is 16.2. The molecule has 0 spiro atoms. The maximum atomic E-state index is 14.7. The van der Waals surface area contributed by atoms with Crippen LogP contribution < -0.4 is 9.47 Å². The first kappa shape index (κ1) is 18.2. The van der Waals surface area contributed by atoms with Gasteiger partial charge in [0.25, 0.3) is 5.88 Å². The Morgan fingerprint density at radius 1 is 1.11 bits per heavy atom. The highest BCUT2D eigenvalue weighted by molar-refractivity contribution is 5.37. The molecule has 0 saturated carbocycles. The van der Waals surface area contributed by atoms with E-state index in [0.29, 0.717) is 36.5 Å². The zero-order chi connectivity index (χ0) is 19.0. The van der Waals surface area contributed by atoms with Gasteiger partial charge in [-0.2, -0.15) is 0 Å². The predicted octanol–water partition coefficient (Wildman–Crippen LogP) is 3.94. The summed E-state index contributed by atoms with van der Waals surface area (Å²) in [5, 5.41) is 0. The number of hydrogen-bond acceptors (Lipinski definition) is 5. The fourth-order valence-corrected chi connectivity index (χ4v) is 4.16. The van der Waals surface area contributed by atoms with Crippen molar-refractivity contribution in [3.8, 4) is 11.6 Å². The Morgan fingerprint density at radius 3 is 2.63 bits per heavy atom. The number of halogens is 1. The second-order valence-electron chi connectivity index (χ2n) is 7.55. The minimum absolute atomic E-state index is 0.118. The Morgan fingerprint density at radius 2 is 1.85 bits per heavy atom. The summed E-state index contributed by atoms with van der Waals surface area (Å²) in [7, 11) is 0. The minimum atomic E-state index is -0.329. The van der Waals surface area contributed by atoms with Crippen LogP contribution in [0.1, 0.15) is 54.4 Å². The van der Waals surface area contributed by atoms with Crippen molar-refractivity contribution < 1.29 is 13.9 Å². The normalized spacial score (nSPS) is 21.1. The molecule has 1 saturated heterocycles. The number of piperidine rings is 1. The lowest BCUT2D eigenvalue weighted by atomic mass is 9.89. The number of hydrogen-bond donors (Lipinski definition) is 0. The second kappa shape index (κ2) is 7.43. The molecule has 2 aliphatic heterocycles. The van der Waals surface area contributed by atoms with Crippen molar-refractivity contribution in [1.82, 2.24) is 14.9 Å². The van der Waals surface area contributed by atoms with Crippen molar-refractivity contribution in [2.45, 2.75) is 45.6 Å². The number of ether oxygens (including phenoxy) is 2. The van der Waals surface area contributed by atoms with E-state index in [9.17, 15) is 4.39 Å². The topological polar surface area (TPSA) is 47.5 Å². The van der Waals surface area contributed by atoms with Gasteiger partial charge in [-0.1, -0.05) is 0 Å². The molecule has 2 aromatic rings. The van der Waals surface area contributed by atoms with E-state index < -0.39 is 0 Å². The van der Waals surface area contributed by atoms with Gasteiger partial charge in [0.2, 0.25) is 0 Å². The lowest BCUT2D eigenvalue weighted by Gasteiger charge is -2.37. The summed E-state index contributed by atoms with van der Waals surface area (Å²) in [6, 6.07) is 5.64. The molecule has 1 unspecified atom stereocenters. The van der Waals surface area contributed by atoms with Crippen LogP contribution in [-0.2, 0) is 0 Å². The van der Waals surface area contributed by atoms with E-state index in [2.05, 4.69) is 27.0 Å². The minimum Gasteiger partial charge on any atom is -0.484 e. The van der Waals surface area contributed by atoms with Crippen molar-refractivity contribution in [3.63, 3.8) is 0 Å². The lowest BCUT2D eigenvalue weighted by Crippen LogP contribution is -2.37. The van der Waals surface area contributed by atoms with E-state index in [1.54, 1.807) is 0 Å². The standard InChI is InChI=1S/C21H26FN3O2/c1-13-9-17(10-14(2)23-13)16-5-4-6-25(12-16)15(3)20-18(22)11-19-21(24-20)27-8-7-26-19/h9-11,15-16H,4-8,12H2,1-3H3/t15?,16-/m0/s1. The van der Waals surface area contributed by atoms with Crippen LogP contribution in [0.15, 0.2) is 18.2 Å². The molecule has 4 heterocycles. The van der Waals surface area contributed by atoms with Crippen molar-refractivity contribution in [3.05, 3.63) is 46.7 Å². The van der Waals surface area contributed by atoms with Gasteiger partial charge in [0, 0.05) is 24.0 Å². The van der Waals surface area contributed by atoms with Crippen molar-refractivity contribution in [1.29, 1.82) is 0 Å². The number of aromatic nitrogens is 2. The molecule has 4 rings (SSSR count). The fourth-order valence-electron chi connectivity index (χ4n) is 4.16. The molecule has 144 valence electrons. The van der Waals surface area contributed by atoms with Gasteiger partial charge in [0.15, 0.2) is 5.75 Å². The summed E-state index contributed by atoms with van der Waals surface area (Å²) in [5.74, 6) is 0.902.